The number of esters is 1. The largest absolute Gasteiger partial charge is 0.457 e. The average molecular weight is 563 g/mol. The Balaban J connectivity index is 1.30. The van der Waals surface area contributed by atoms with Gasteiger partial charge >= 0.3 is 17.7 Å². The van der Waals surface area contributed by atoms with E-state index in [4.69, 9.17) is 13.9 Å². The van der Waals surface area contributed by atoms with Crippen LogP contribution in [-0.4, -0.2) is 33.6 Å². The van der Waals surface area contributed by atoms with Gasteiger partial charge in [0.2, 0.25) is 0 Å². The van der Waals surface area contributed by atoms with Gasteiger partial charge in [0.15, 0.2) is 0 Å². The third kappa shape index (κ3) is 5.55. The number of amides is 1. The first-order chi connectivity index (χ1) is 19.3. The van der Waals surface area contributed by atoms with Crippen LogP contribution in [0.25, 0.3) is 11.0 Å². The summed E-state index contributed by atoms with van der Waals surface area (Å²) in [6.45, 7) is 2.03. The van der Waals surface area contributed by atoms with Crippen LogP contribution < -0.4 is 15.2 Å². The Hall–Kier alpha value is -4.64. The first-order valence-corrected chi connectivity index (χ1v) is 14.1. The SMILES string of the molecule is CCOC(=O)Nc1ccc2c(COC(=O)c3ccc(S(=O)(=O)N4CCCc5ccccc54)cc3)cc(=O)oc2c1. The average Bonchev–Trinajstić information content (AvgIpc) is 2.95. The first kappa shape index (κ1) is 26.9. The number of hydrogen-bond donors (Lipinski definition) is 1. The van der Waals surface area contributed by atoms with Gasteiger partial charge in [-0.3, -0.25) is 9.62 Å². The number of sulfonamides is 1. The molecule has 1 amide bonds. The van der Waals surface area contributed by atoms with Crippen LogP contribution in [0, 0.1) is 0 Å². The second kappa shape index (κ2) is 11.2. The summed E-state index contributed by atoms with van der Waals surface area (Å²) < 4.78 is 43.6. The molecule has 1 aromatic heterocycles. The van der Waals surface area contributed by atoms with Gasteiger partial charge in [0, 0.05) is 35.3 Å². The maximum atomic E-state index is 13.4. The molecule has 0 aliphatic carbocycles. The van der Waals surface area contributed by atoms with E-state index in [9.17, 15) is 22.8 Å². The number of aryl methyl sites for hydroxylation is 1. The van der Waals surface area contributed by atoms with E-state index in [-0.39, 0.29) is 29.3 Å². The number of anilines is 2. The minimum absolute atomic E-state index is 0.0691. The summed E-state index contributed by atoms with van der Waals surface area (Å²) in [5.41, 5.74) is 2.12. The Morgan fingerprint density at radius 3 is 2.55 bits per heavy atom. The van der Waals surface area contributed by atoms with Crippen LogP contribution in [0.1, 0.15) is 34.8 Å². The van der Waals surface area contributed by atoms with Gasteiger partial charge < -0.3 is 13.9 Å². The maximum absolute atomic E-state index is 13.4. The number of hydrogen-bond acceptors (Lipinski definition) is 8. The molecule has 206 valence electrons. The second-order valence-electron chi connectivity index (χ2n) is 9.06. The third-order valence-electron chi connectivity index (χ3n) is 6.46. The molecule has 3 aromatic carbocycles. The molecule has 0 bridgehead atoms. The van der Waals surface area contributed by atoms with Gasteiger partial charge in [-0.05, 0) is 67.8 Å². The van der Waals surface area contributed by atoms with Gasteiger partial charge in [-0.15, -0.1) is 0 Å². The fourth-order valence-electron chi connectivity index (χ4n) is 4.58. The van der Waals surface area contributed by atoms with E-state index in [1.807, 2.05) is 18.2 Å². The molecular formula is C29H26N2O8S. The number of benzene rings is 3. The standard InChI is InChI=1S/C29H26N2O8S/c1-2-37-29(34)30-22-11-14-24-21(16-27(32)39-26(24)17-22)18-38-28(33)20-9-12-23(13-10-20)40(35,36)31-15-5-7-19-6-3-4-8-25(19)31/h3-4,6,8-14,16-17H,2,5,7,15,18H2,1H3,(H,30,34). The predicted molar refractivity (Wildman–Crippen MR) is 148 cm³/mol. The van der Waals surface area contributed by atoms with E-state index in [2.05, 4.69) is 5.32 Å². The molecule has 1 aliphatic heterocycles. The Morgan fingerprint density at radius 1 is 1.00 bits per heavy atom. The van der Waals surface area contributed by atoms with Crippen molar-refractivity contribution in [3.05, 3.63) is 99.9 Å². The molecule has 2 heterocycles. The topological polar surface area (TPSA) is 132 Å². The minimum Gasteiger partial charge on any atom is -0.457 e. The van der Waals surface area contributed by atoms with E-state index in [1.165, 1.54) is 40.7 Å². The highest BCUT2D eigenvalue weighted by Crippen LogP contribution is 2.32. The Morgan fingerprint density at radius 2 is 1.77 bits per heavy atom. The number of fused-ring (bicyclic) bond motifs is 2. The van der Waals surface area contributed by atoms with Gasteiger partial charge in [-0.2, -0.15) is 0 Å². The van der Waals surface area contributed by atoms with Gasteiger partial charge in [0.1, 0.15) is 12.2 Å². The molecule has 11 heteroatoms. The quantitative estimate of drug-likeness (QED) is 0.250. The summed E-state index contributed by atoms with van der Waals surface area (Å²) in [5.74, 6) is -0.686. The normalized spacial score (nSPS) is 13.0. The zero-order valence-corrected chi connectivity index (χ0v) is 22.4. The predicted octanol–water partition coefficient (Wildman–Crippen LogP) is 4.86. The van der Waals surface area contributed by atoms with Crippen LogP contribution in [0.2, 0.25) is 0 Å². The van der Waals surface area contributed by atoms with Crippen molar-refractivity contribution in [2.75, 3.05) is 22.8 Å². The molecule has 10 nitrogen and oxygen atoms in total. The molecule has 0 saturated heterocycles. The summed E-state index contributed by atoms with van der Waals surface area (Å²) in [6.07, 6.45) is 0.891. The zero-order valence-electron chi connectivity index (χ0n) is 21.6. The van der Waals surface area contributed by atoms with Crippen molar-refractivity contribution in [2.24, 2.45) is 0 Å². The van der Waals surface area contributed by atoms with Crippen LogP contribution in [0.4, 0.5) is 16.2 Å². The van der Waals surface area contributed by atoms with Crippen molar-refractivity contribution in [3.63, 3.8) is 0 Å². The summed E-state index contributed by atoms with van der Waals surface area (Å²) in [5, 5.41) is 3.05. The van der Waals surface area contributed by atoms with Gasteiger partial charge in [0.25, 0.3) is 10.0 Å². The maximum Gasteiger partial charge on any atom is 0.411 e. The molecule has 4 aromatic rings. The fourth-order valence-corrected chi connectivity index (χ4v) is 6.12. The molecule has 0 fully saturated rings. The molecule has 0 radical (unpaired) electrons. The van der Waals surface area contributed by atoms with Gasteiger partial charge in [0.05, 0.1) is 22.8 Å². The summed E-state index contributed by atoms with van der Waals surface area (Å²) in [7, 11) is -3.81. The van der Waals surface area contributed by atoms with E-state index in [0.29, 0.717) is 28.9 Å². The van der Waals surface area contributed by atoms with Crippen LogP contribution in [0.3, 0.4) is 0 Å². The van der Waals surface area contributed by atoms with Crippen molar-refractivity contribution in [1.29, 1.82) is 0 Å². The fraction of sp³-hybridized carbons (Fsp3) is 0.207. The summed E-state index contributed by atoms with van der Waals surface area (Å²) >= 11 is 0. The molecule has 1 N–H and O–H groups in total. The Labute approximate surface area is 230 Å². The highest BCUT2D eigenvalue weighted by molar-refractivity contribution is 7.92. The Kier molecular flexibility index (Phi) is 7.56. The Bertz CT molecular complexity index is 1750. The lowest BCUT2D eigenvalue weighted by atomic mass is 10.0. The summed E-state index contributed by atoms with van der Waals surface area (Å²) in [6, 6.07) is 18.9. The third-order valence-corrected chi connectivity index (χ3v) is 8.28. The second-order valence-corrected chi connectivity index (χ2v) is 10.9. The highest BCUT2D eigenvalue weighted by atomic mass is 32.2. The lowest BCUT2D eigenvalue weighted by Gasteiger charge is -2.30. The molecule has 0 spiro atoms. The van der Waals surface area contributed by atoms with E-state index < -0.39 is 27.7 Å². The van der Waals surface area contributed by atoms with E-state index >= 15 is 0 Å². The molecule has 1 aliphatic rings. The number of carbonyl (C=O) groups excluding carboxylic acids is 2. The van der Waals surface area contributed by atoms with Crippen LogP contribution in [0.15, 0.2) is 86.9 Å². The number of nitrogens with zero attached hydrogens (tertiary/aromatic N) is 1. The van der Waals surface area contributed by atoms with Crippen LogP contribution in [0.5, 0.6) is 0 Å². The molecule has 5 rings (SSSR count). The number of rotatable bonds is 7. The zero-order chi connectivity index (χ0) is 28.3. The van der Waals surface area contributed by atoms with Crippen molar-refractivity contribution in [1.82, 2.24) is 0 Å². The molecule has 40 heavy (non-hydrogen) atoms. The van der Waals surface area contributed by atoms with Crippen LogP contribution >= 0.6 is 0 Å². The first-order valence-electron chi connectivity index (χ1n) is 12.6. The van der Waals surface area contributed by atoms with Gasteiger partial charge in [-0.25, -0.2) is 22.8 Å². The minimum atomic E-state index is -3.81. The number of ether oxygens (including phenoxy) is 2. The molecule has 0 saturated carbocycles. The number of carbonyl (C=O) groups is 2. The van der Waals surface area contributed by atoms with Gasteiger partial charge in [-0.1, -0.05) is 18.2 Å². The molecular weight excluding hydrogens is 536 g/mol. The lowest BCUT2D eigenvalue weighted by Crippen LogP contribution is -2.35. The number of nitrogens with one attached hydrogen (secondary N) is 1. The van der Waals surface area contributed by atoms with E-state index in [1.54, 1.807) is 25.1 Å². The molecule has 0 atom stereocenters. The van der Waals surface area contributed by atoms with E-state index in [0.717, 1.165) is 18.4 Å². The molecule has 0 unspecified atom stereocenters. The number of para-hydroxylation sites is 1. The van der Waals surface area contributed by atoms with Crippen molar-refractivity contribution in [3.8, 4) is 0 Å². The van der Waals surface area contributed by atoms with Crippen molar-refractivity contribution in [2.45, 2.75) is 31.3 Å². The van der Waals surface area contributed by atoms with Crippen molar-refractivity contribution >= 4 is 44.4 Å². The van der Waals surface area contributed by atoms with Crippen molar-refractivity contribution < 1.29 is 31.9 Å². The summed E-state index contributed by atoms with van der Waals surface area (Å²) in [4.78, 5) is 36.6. The lowest BCUT2D eigenvalue weighted by molar-refractivity contribution is 0.0473. The smallest absolute Gasteiger partial charge is 0.411 e. The van der Waals surface area contributed by atoms with Crippen LogP contribution in [-0.2, 0) is 32.5 Å². The highest BCUT2D eigenvalue weighted by Gasteiger charge is 2.29. The monoisotopic (exact) mass is 562 g/mol.